The second kappa shape index (κ2) is 5.97. The second-order valence-electron chi connectivity index (χ2n) is 4.75. The zero-order chi connectivity index (χ0) is 15.6. The van der Waals surface area contributed by atoms with Gasteiger partial charge in [-0.25, -0.2) is 17.5 Å². The highest BCUT2D eigenvalue weighted by atomic mass is 32.2. The van der Waals surface area contributed by atoms with Gasteiger partial charge in [-0.1, -0.05) is 0 Å². The van der Waals surface area contributed by atoms with Crippen molar-refractivity contribution in [2.45, 2.75) is 31.8 Å². The standard InChI is InChI=1S/C14H17FN2O3S/c1-9-5-13(6-11(7-16)14(9)15)21(18,19)17-8-12-4-3-10(2)20-12/h3-6,17H,7-8,16H2,1-2H3. The van der Waals surface area contributed by atoms with Crippen molar-refractivity contribution in [1.82, 2.24) is 4.72 Å². The van der Waals surface area contributed by atoms with E-state index < -0.39 is 15.8 Å². The average Bonchev–Trinajstić information content (AvgIpc) is 2.85. The van der Waals surface area contributed by atoms with Gasteiger partial charge in [-0.05, 0) is 43.7 Å². The smallest absolute Gasteiger partial charge is 0.240 e. The van der Waals surface area contributed by atoms with E-state index >= 15 is 0 Å². The fourth-order valence-corrected chi connectivity index (χ4v) is 3.07. The van der Waals surface area contributed by atoms with E-state index in [0.29, 0.717) is 11.5 Å². The molecule has 0 spiro atoms. The number of hydrogen-bond donors (Lipinski definition) is 2. The molecule has 2 rings (SSSR count). The van der Waals surface area contributed by atoms with Crippen LogP contribution in [0.2, 0.25) is 0 Å². The summed E-state index contributed by atoms with van der Waals surface area (Å²) in [6.45, 7) is 3.25. The van der Waals surface area contributed by atoms with Crippen molar-refractivity contribution >= 4 is 10.0 Å². The first kappa shape index (κ1) is 15.7. The van der Waals surface area contributed by atoms with E-state index in [9.17, 15) is 12.8 Å². The van der Waals surface area contributed by atoms with Crippen molar-refractivity contribution in [3.05, 3.63) is 52.7 Å². The maximum absolute atomic E-state index is 13.7. The van der Waals surface area contributed by atoms with Crippen LogP contribution in [0.5, 0.6) is 0 Å². The summed E-state index contributed by atoms with van der Waals surface area (Å²) in [6, 6.07) is 5.97. The minimum Gasteiger partial charge on any atom is -0.465 e. The third kappa shape index (κ3) is 3.49. The first-order chi connectivity index (χ1) is 9.83. The second-order valence-corrected chi connectivity index (χ2v) is 6.52. The fraction of sp³-hybridized carbons (Fsp3) is 0.286. The quantitative estimate of drug-likeness (QED) is 0.884. The summed E-state index contributed by atoms with van der Waals surface area (Å²) in [5.74, 6) is 0.735. The predicted octanol–water partition coefficient (Wildman–Crippen LogP) is 1.97. The Balaban J connectivity index is 2.25. The Morgan fingerprint density at radius 1 is 1.29 bits per heavy atom. The zero-order valence-electron chi connectivity index (χ0n) is 11.8. The first-order valence-electron chi connectivity index (χ1n) is 6.37. The Hall–Kier alpha value is -1.70. The normalized spacial score (nSPS) is 11.8. The van der Waals surface area contributed by atoms with Crippen LogP contribution < -0.4 is 10.5 Å². The number of aryl methyl sites for hydroxylation is 2. The molecule has 0 aliphatic heterocycles. The number of halogens is 1. The molecule has 0 saturated heterocycles. The van der Waals surface area contributed by atoms with Gasteiger partial charge in [0.15, 0.2) is 0 Å². The highest BCUT2D eigenvalue weighted by Gasteiger charge is 2.18. The summed E-state index contributed by atoms with van der Waals surface area (Å²) in [4.78, 5) is -0.00914. The topological polar surface area (TPSA) is 85.3 Å². The SMILES string of the molecule is Cc1ccc(CNS(=O)(=O)c2cc(C)c(F)c(CN)c2)o1. The number of hydrogen-bond acceptors (Lipinski definition) is 4. The van der Waals surface area contributed by atoms with Gasteiger partial charge in [0.1, 0.15) is 17.3 Å². The summed E-state index contributed by atoms with van der Waals surface area (Å²) in [5, 5.41) is 0. The Labute approximate surface area is 123 Å². The van der Waals surface area contributed by atoms with E-state index in [2.05, 4.69) is 4.72 Å². The van der Waals surface area contributed by atoms with Crippen LogP contribution in [0.4, 0.5) is 4.39 Å². The van der Waals surface area contributed by atoms with Crippen LogP contribution in [0.3, 0.4) is 0 Å². The number of nitrogens with two attached hydrogens (primary N) is 1. The molecule has 0 fully saturated rings. The number of nitrogens with one attached hydrogen (secondary N) is 1. The molecular formula is C14H17FN2O3S. The van der Waals surface area contributed by atoms with Gasteiger partial charge >= 0.3 is 0 Å². The van der Waals surface area contributed by atoms with Crippen LogP contribution in [0.1, 0.15) is 22.6 Å². The maximum atomic E-state index is 13.7. The van der Waals surface area contributed by atoms with Crippen molar-refractivity contribution in [3.8, 4) is 0 Å². The van der Waals surface area contributed by atoms with Gasteiger partial charge in [-0.15, -0.1) is 0 Å². The van der Waals surface area contributed by atoms with Gasteiger partial charge in [-0.2, -0.15) is 0 Å². The third-order valence-electron chi connectivity index (χ3n) is 3.07. The van der Waals surface area contributed by atoms with Crippen LogP contribution in [-0.4, -0.2) is 8.42 Å². The highest BCUT2D eigenvalue weighted by molar-refractivity contribution is 7.89. The minimum atomic E-state index is -3.75. The molecule has 0 radical (unpaired) electrons. The van der Waals surface area contributed by atoms with Gasteiger partial charge in [0.25, 0.3) is 0 Å². The van der Waals surface area contributed by atoms with E-state index in [1.807, 2.05) is 0 Å². The lowest BCUT2D eigenvalue weighted by Crippen LogP contribution is -2.23. The molecule has 1 aromatic carbocycles. The van der Waals surface area contributed by atoms with Crippen LogP contribution >= 0.6 is 0 Å². The third-order valence-corrected chi connectivity index (χ3v) is 4.45. The Kier molecular flexibility index (Phi) is 4.46. The monoisotopic (exact) mass is 312 g/mol. The van der Waals surface area contributed by atoms with Crippen LogP contribution in [0.15, 0.2) is 33.6 Å². The summed E-state index contributed by atoms with van der Waals surface area (Å²) in [6.07, 6.45) is 0. The molecule has 3 N–H and O–H groups in total. The molecule has 1 aromatic heterocycles. The van der Waals surface area contributed by atoms with Crippen molar-refractivity contribution in [2.75, 3.05) is 0 Å². The molecule has 5 nitrogen and oxygen atoms in total. The molecule has 0 aliphatic carbocycles. The van der Waals surface area contributed by atoms with Gasteiger partial charge in [0.05, 0.1) is 11.4 Å². The predicted molar refractivity (Wildman–Crippen MR) is 76.5 cm³/mol. The number of rotatable bonds is 5. The van der Waals surface area contributed by atoms with E-state index in [1.54, 1.807) is 19.1 Å². The lowest BCUT2D eigenvalue weighted by Gasteiger charge is -2.10. The van der Waals surface area contributed by atoms with Gasteiger partial charge in [0, 0.05) is 12.1 Å². The lowest BCUT2D eigenvalue weighted by atomic mass is 10.1. The number of furan rings is 1. The molecule has 0 atom stereocenters. The van der Waals surface area contributed by atoms with E-state index in [-0.39, 0.29) is 29.1 Å². The van der Waals surface area contributed by atoms with Crippen molar-refractivity contribution < 1.29 is 17.2 Å². The van der Waals surface area contributed by atoms with Crippen LogP contribution in [0, 0.1) is 19.7 Å². The van der Waals surface area contributed by atoms with E-state index in [1.165, 1.54) is 19.1 Å². The van der Waals surface area contributed by atoms with Gasteiger partial charge in [-0.3, -0.25) is 0 Å². The first-order valence-corrected chi connectivity index (χ1v) is 7.86. The molecule has 0 amide bonds. The number of sulfonamides is 1. The average molecular weight is 312 g/mol. The van der Waals surface area contributed by atoms with Crippen molar-refractivity contribution in [3.63, 3.8) is 0 Å². The van der Waals surface area contributed by atoms with Crippen molar-refractivity contribution in [1.29, 1.82) is 0 Å². The minimum absolute atomic E-state index is 0.00914. The number of benzene rings is 1. The zero-order valence-corrected chi connectivity index (χ0v) is 12.6. The molecule has 0 saturated carbocycles. The summed E-state index contributed by atoms with van der Waals surface area (Å²) in [7, 11) is -3.75. The molecule has 0 aliphatic rings. The molecule has 114 valence electrons. The lowest BCUT2D eigenvalue weighted by molar-refractivity contribution is 0.475. The molecular weight excluding hydrogens is 295 g/mol. The van der Waals surface area contributed by atoms with Gasteiger partial charge < -0.3 is 10.2 Å². The molecule has 21 heavy (non-hydrogen) atoms. The largest absolute Gasteiger partial charge is 0.465 e. The summed E-state index contributed by atoms with van der Waals surface area (Å²) in [5.41, 5.74) is 5.84. The van der Waals surface area contributed by atoms with Crippen LogP contribution in [0.25, 0.3) is 0 Å². The Morgan fingerprint density at radius 2 is 2.00 bits per heavy atom. The molecule has 7 heteroatoms. The molecule has 0 bridgehead atoms. The highest BCUT2D eigenvalue weighted by Crippen LogP contribution is 2.19. The summed E-state index contributed by atoms with van der Waals surface area (Å²) < 4.78 is 45.9. The van der Waals surface area contributed by atoms with E-state index in [0.717, 1.165) is 0 Å². The van der Waals surface area contributed by atoms with E-state index in [4.69, 9.17) is 10.2 Å². The molecule has 2 aromatic rings. The van der Waals surface area contributed by atoms with Gasteiger partial charge in [0.2, 0.25) is 10.0 Å². The summed E-state index contributed by atoms with van der Waals surface area (Å²) >= 11 is 0. The fourth-order valence-electron chi connectivity index (χ4n) is 1.94. The maximum Gasteiger partial charge on any atom is 0.240 e. The molecule has 0 unspecified atom stereocenters. The Morgan fingerprint density at radius 3 is 2.57 bits per heavy atom. The van der Waals surface area contributed by atoms with Crippen molar-refractivity contribution in [2.24, 2.45) is 5.73 Å². The van der Waals surface area contributed by atoms with Crippen LogP contribution in [-0.2, 0) is 23.1 Å². The molecule has 1 heterocycles. The Bertz CT molecular complexity index is 754.